The van der Waals surface area contributed by atoms with Gasteiger partial charge in [-0.05, 0) is 50.1 Å². The number of aryl methyl sites for hydroxylation is 1. The quantitative estimate of drug-likeness (QED) is 0.740. The Kier molecular flexibility index (Phi) is 5.25. The molecule has 1 saturated heterocycles. The van der Waals surface area contributed by atoms with Gasteiger partial charge in [-0.2, -0.15) is 5.10 Å². The number of amides is 1. The van der Waals surface area contributed by atoms with Crippen LogP contribution in [0.3, 0.4) is 0 Å². The molecule has 0 aliphatic carbocycles. The van der Waals surface area contributed by atoms with Crippen LogP contribution < -0.4 is 0 Å². The van der Waals surface area contributed by atoms with E-state index >= 15 is 0 Å². The van der Waals surface area contributed by atoms with E-state index in [4.69, 9.17) is 0 Å². The number of H-pyrrole nitrogens is 1. The lowest BCUT2D eigenvalue weighted by molar-refractivity contribution is 0.0721. The number of nitrogens with zero attached hydrogens (tertiary/aromatic N) is 3. The molecule has 138 valence electrons. The fourth-order valence-corrected chi connectivity index (χ4v) is 4.57. The number of aromatic amines is 1. The highest BCUT2D eigenvalue weighted by molar-refractivity contribution is 8.00. The molecule has 0 atom stereocenters. The zero-order valence-electron chi connectivity index (χ0n) is 15.3. The van der Waals surface area contributed by atoms with Gasteiger partial charge in [0.25, 0.3) is 5.91 Å². The van der Waals surface area contributed by atoms with E-state index in [0.29, 0.717) is 10.9 Å². The highest BCUT2D eigenvalue weighted by Gasteiger charge is 2.25. The Morgan fingerprint density at radius 2 is 1.93 bits per heavy atom. The van der Waals surface area contributed by atoms with Crippen molar-refractivity contribution >= 4 is 17.7 Å². The maximum Gasteiger partial charge on any atom is 0.271 e. The number of nitrogens with one attached hydrogen (secondary N) is 1. The van der Waals surface area contributed by atoms with Gasteiger partial charge in [0.2, 0.25) is 0 Å². The van der Waals surface area contributed by atoms with Crippen LogP contribution in [-0.2, 0) is 0 Å². The zero-order chi connectivity index (χ0) is 18.6. The number of thioether (sulfide) groups is 1. The summed E-state index contributed by atoms with van der Waals surface area (Å²) in [5.41, 5.74) is 3.56. The third-order valence-corrected chi connectivity index (χ3v) is 6.14. The van der Waals surface area contributed by atoms with Gasteiger partial charge in [-0.1, -0.05) is 17.7 Å². The van der Waals surface area contributed by atoms with Crippen LogP contribution in [0.15, 0.2) is 59.8 Å². The van der Waals surface area contributed by atoms with Crippen LogP contribution >= 0.6 is 11.8 Å². The highest BCUT2D eigenvalue weighted by Crippen LogP contribution is 2.31. The average Bonchev–Trinajstić information content (AvgIpc) is 3.19. The van der Waals surface area contributed by atoms with Crippen LogP contribution in [0.1, 0.15) is 28.9 Å². The summed E-state index contributed by atoms with van der Waals surface area (Å²) in [5, 5.41) is 7.73. The smallest absolute Gasteiger partial charge is 0.271 e. The summed E-state index contributed by atoms with van der Waals surface area (Å²) in [6.45, 7) is 3.69. The molecule has 0 unspecified atom stereocenters. The van der Waals surface area contributed by atoms with Crippen LogP contribution in [0.4, 0.5) is 0 Å². The molecule has 0 bridgehead atoms. The van der Waals surface area contributed by atoms with E-state index < -0.39 is 0 Å². The lowest BCUT2D eigenvalue weighted by atomic mass is 10.1. The SMILES string of the molecule is Cc1cccc(SC2CCN(C(=O)c3cc(-c4ccncc4)n[nH]3)CC2)c1. The molecule has 1 aliphatic heterocycles. The first kappa shape index (κ1) is 17.8. The van der Waals surface area contributed by atoms with Crippen molar-refractivity contribution in [2.75, 3.05) is 13.1 Å². The molecule has 3 heterocycles. The van der Waals surface area contributed by atoms with E-state index in [-0.39, 0.29) is 5.91 Å². The predicted molar refractivity (Wildman–Crippen MR) is 108 cm³/mol. The van der Waals surface area contributed by atoms with Gasteiger partial charge < -0.3 is 4.90 Å². The molecule has 1 amide bonds. The topological polar surface area (TPSA) is 61.9 Å². The Labute approximate surface area is 163 Å². The molecular formula is C21H22N4OS. The number of pyridine rings is 1. The van der Waals surface area contributed by atoms with Crippen LogP contribution in [0, 0.1) is 6.92 Å². The fourth-order valence-electron chi connectivity index (χ4n) is 3.33. The van der Waals surface area contributed by atoms with Crippen LogP contribution in [-0.4, -0.2) is 44.3 Å². The average molecular weight is 379 g/mol. The number of hydrogen-bond donors (Lipinski definition) is 1. The second kappa shape index (κ2) is 7.96. The Balaban J connectivity index is 1.35. The van der Waals surface area contributed by atoms with E-state index in [1.54, 1.807) is 12.4 Å². The summed E-state index contributed by atoms with van der Waals surface area (Å²) in [6.07, 6.45) is 5.47. The minimum absolute atomic E-state index is 0.0295. The fraction of sp³-hybridized carbons (Fsp3) is 0.286. The largest absolute Gasteiger partial charge is 0.337 e. The van der Waals surface area contributed by atoms with E-state index in [1.807, 2.05) is 34.9 Å². The summed E-state index contributed by atoms with van der Waals surface area (Å²) >= 11 is 1.93. The molecule has 3 aromatic rings. The Morgan fingerprint density at radius 1 is 1.15 bits per heavy atom. The number of hydrogen-bond acceptors (Lipinski definition) is 4. The Hall–Kier alpha value is -2.60. The molecule has 27 heavy (non-hydrogen) atoms. The van der Waals surface area contributed by atoms with Gasteiger partial charge in [0.05, 0.1) is 5.69 Å². The lowest BCUT2D eigenvalue weighted by Gasteiger charge is -2.31. The zero-order valence-corrected chi connectivity index (χ0v) is 16.1. The van der Waals surface area contributed by atoms with Gasteiger partial charge in [0.1, 0.15) is 5.69 Å². The number of rotatable bonds is 4. The third-order valence-electron chi connectivity index (χ3n) is 4.81. The van der Waals surface area contributed by atoms with Gasteiger partial charge in [0.15, 0.2) is 0 Å². The van der Waals surface area contributed by atoms with Gasteiger partial charge in [0, 0.05) is 41.2 Å². The van der Waals surface area contributed by atoms with Crippen molar-refractivity contribution in [2.24, 2.45) is 0 Å². The van der Waals surface area contributed by atoms with E-state index in [9.17, 15) is 4.79 Å². The van der Waals surface area contributed by atoms with Crippen molar-refractivity contribution < 1.29 is 4.79 Å². The molecule has 1 fully saturated rings. The van der Waals surface area contributed by atoms with Crippen molar-refractivity contribution in [1.82, 2.24) is 20.1 Å². The molecular weight excluding hydrogens is 356 g/mol. The number of piperidine rings is 1. The van der Waals surface area contributed by atoms with Gasteiger partial charge in [-0.15, -0.1) is 11.8 Å². The summed E-state index contributed by atoms with van der Waals surface area (Å²) in [7, 11) is 0. The van der Waals surface area contributed by atoms with E-state index in [0.717, 1.165) is 37.2 Å². The number of carbonyl (C=O) groups excluding carboxylic acids is 1. The molecule has 1 aliphatic rings. The van der Waals surface area contributed by atoms with E-state index in [1.165, 1.54) is 10.5 Å². The van der Waals surface area contributed by atoms with Gasteiger partial charge in [-0.25, -0.2) is 0 Å². The lowest BCUT2D eigenvalue weighted by Crippen LogP contribution is -2.39. The summed E-state index contributed by atoms with van der Waals surface area (Å²) in [5.74, 6) is 0.0295. The molecule has 6 heteroatoms. The Bertz CT molecular complexity index is 917. The molecule has 2 aromatic heterocycles. The first-order chi connectivity index (χ1) is 13.2. The molecule has 5 nitrogen and oxygen atoms in total. The molecule has 1 aromatic carbocycles. The van der Waals surface area contributed by atoms with Crippen LogP contribution in [0.2, 0.25) is 0 Å². The minimum Gasteiger partial charge on any atom is -0.337 e. The van der Waals surface area contributed by atoms with Crippen molar-refractivity contribution in [2.45, 2.75) is 29.9 Å². The standard InChI is InChI=1S/C21H22N4OS/c1-15-3-2-4-18(13-15)27-17-7-11-25(12-8-17)21(26)20-14-19(23-24-20)16-5-9-22-10-6-16/h2-6,9-10,13-14,17H,7-8,11-12H2,1H3,(H,23,24). The molecule has 1 N–H and O–H groups in total. The van der Waals surface area contributed by atoms with Crippen LogP contribution in [0.5, 0.6) is 0 Å². The van der Waals surface area contributed by atoms with Crippen LogP contribution in [0.25, 0.3) is 11.3 Å². The predicted octanol–water partition coefficient (Wildman–Crippen LogP) is 4.18. The van der Waals surface area contributed by atoms with Crippen molar-refractivity contribution in [3.63, 3.8) is 0 Å². The molecule has 4 rings (SSSR count). The van der Waals surface area contributed by atoms with Crippen molar-refractivity contribution in [3.05, 3.63) is 66.1 Å². The molecule has 0 spiro atoms. The normalized spacial score (nSPS) is 15.1. The summed E-state index contributed by atoms with van der Waals surface area (Å²) < 4.78 is 0. The Morgan fingerprint density at radius 3 is 2.67 bits per heavy atom. The maximum absolute atomic E-state index is 12.8. The van der Waals surface area contributed by atoms with Crippen molar-refractivity contribution in [3.8, 4) is 11.3 Å². The summed E-state index contributed by atoms with van der Waals surface area (Å²) in [4.78, 5) is 20.0. The molecule has 0 radical (unpaired) electrons. The van der Waals surface area contributed by atoms with Gasteiger partial charge in [-0.3, -0.25) is 14.9 Å². The highest BCUT2D eigenvalue weighted by atomic mass is 32.2. The number of aromatic nitrogens is 3. The number of likely N-dealkylation sites (tertiary alicyclic amines) is 1. The second-order valence-corrected chi connectivity index (χ2v) is 8.20. The van der Waals surface area contributed by atoms with Gasteiger partial charge >= 0.3 is 0 Å². The minimum atomic E-state index is 0.0295. The second-order valence-electron chi connectivity index (χ2n) is 6.83. The van der Waals surface area contributed by atoms with E-state index in [2.05, 4.69) is 46.4 Å². The van der Waals surface area contributed by atoms with Crippen molar-refractivity contribution in [1.29, 1.82) is 0 Å². The number of carbonyl (C=O) groups is 1. The monoisotopic (exact) mass is 378 g/mol. The number of benzene rings is 1. The summed E-state index contributed by atoms with van der Waals surface area (Å²) in [6, 6.07) is 14.2. The molecule has 0 saturated carbocycles. The maximum atomic E-state index is 12.8. The third kappa shape index (κ3) is 4.22. The first-order valence-corrected chi connectivity index (χ1v) is 10.1. The first-order valence-electron chi connectivity index (χ1n) is 9.17.